The smallest absolute Gasteiger partial charge is 0.251 e. The molecule has 0 spiro atoms. The van der Waals surface area contributed by atoms with Crippen LogP contribution in [-0.4, -0.2) is 55.9 Å². The van der Waals surface area contributed by atoms with E-state index in [2.05, 4.69) is 10.6 Å². The molecule has 4 aliphatic rings. The lowest BCUT2D eigenvalue weighted by Crippen LogP contribution is -2.47. The van der Waals surface area contributed by atoms with Gasteiger partial charge in [-0.25, -0.2) is 0 Å². The van der Waals surface area contributed by atoms with Gasteiger partial charge >= 0.3 is 0 Å². The lowest BCUT2D eigenvalue weighted by molar-refractivity contribution is -0.123. The topological polar surface area (TPSA) is 85.9 Å². The number of fused-ring (bicyclic) bond motifs is 1. The molecule has 2 saturated carbocycles. The van der Waals surface area contributed by atoms with E-state index >= 15 is 0 Å². The van der Waals surface area contributed by atoms with Crippen LogP contribution in [0, 0.1) is 11.8 Å². The van der Waals surface area contributed by atoms with Crippen LogP contribution in [0.15, 0.2) is 24.3 Å². The van der Waals surface area contributed by atoms with E-state index in [-0.39, 0.29) is 44.9 Å². The summed E-state index contributed by atoms with van der Waals surface area (Å²) in [5.74, 6) is 1.45. The van der Waals surface area contributed by atoms with Crippen LogP contribution < -0.4 is 15.4 Å². The third kappa shape index (κ3) is 4.32. The first-order valence-corrected chi connectivity index (χ1v) is 11.2. The largest absolute Gasteiger partial charge is 0.493 e. The van der Waals surface area contributed by atoms with Gasteiger partial charge in [0, 0.05) is 14.3 Å². The first-order valence-electron chi connectivity index (χ1n) is 11.2. The van der Waals surface area contributed by atoms with Crippen molar-refractivity contribution in [2.45, 2.75) is 62.8 Å². The summed E-state index contributed by atoms with van der Waals surface area (Å²) in [6.07, 6.45) is 6.52. The standard InChI is InChI=1S/C23H30N2O5.2H2/c26-22(15-8-9-15)24-18-12-29-21-19(13-30-20(18)21)25-23(27)16-6-3-7-17(10-16)28-11-14-4-1-2-5-14;;/h3,6-7,10,14-15,18-21H,1-2,4-5,8-9,11-13H2,(H,24,26)(H,25,27);2*1H/t18-,19-,20+,21+;;/m0../s1. The Kier molecular flexibility index (Phi) is 5.65. The summed E-state index contributed by atoms with van der Waals surface area (Å²) in [4.78, 5) is 24.9. The molecular weight excluding hydrogens is 384 g/mol. The fraction of sp³-hybridized carbons (Fsp3) is 0.652. The molecule has 166 valence electrons. The molecule has 1 aromatic carbocycles. The molecule has 2 aliphatic heterocycles. The van der Waals surface area contributed by atoms with Crippen molar-refractivity contribution >= 4 is 11.8 Å². The number of benzene rings is 1. The van der Waals surface area contributed by atoms with Crippen LogP contribution in [0.3, 0.4) is 0 Å². The van der Waals surface area contributed by atoms with Crippen LogP contribution in [0.2, 0.25) is 0 Å². The summed E-state index contributed by atoms with van der Waals surface area (Å²) in [6, 6.07) is 6.96. The van der Waals surface area contributed by atoms with Crippen LogP contribution in [0.25, 0.3) is 0 Å². The van der Waals surface area contributed by atoms with Gasteiger partial charge < -0.3 is 24.8 Å². The molecule has 0 radical (unpaired) electrons. The summed E-state index contributed by atoms with van der Waals surface area (Å²) >= 11 is 0. The monoisotopic (exact) mass is 418 g/mol. The van der Waals surface area contributed by atoms with Gasteiger partial charge in [0.2, 0.25) is 5.91 Å². The highest BCUT2D eigenvalue weighted by atomic mass is 16.6. The molecule has 4 atom stereocenters. The molecule has 0 unspecified atom stereocenters. The maximum Gasteiger partial charge on any atom is 0.251 e. The van der Waals surface area contributed by atoms with Crippen molar-refractivity contribution in [3.63, 3.8) is 0 Å². The second-order valence-corrected chi connectivity index (χ2v) is 9.05. The molecule has 1 aromatic rings. The Morgan fingerprint density at radius 3 is 2.40 bits per heavy atom. The average molecular weight is 419 g/mol. The van der Waals surface area contributed by atoms with Crippen LogP contribution in [0.4, 0.5) is 0 Å². The number of hydrogen-bond donors (Lipinski definition) is 2. The molecule has 2 amide bonds. The molecule has 4 fully saturated rings. The number of rotatable bonds is 7. The van der Waals surface area contributed by atoms with Crippen molar-refractivity contribution < 1.29 is 26.7 Å². The van der Waals surface area contributed by atoms with E-state index in [1.54, 1.807) is 12.1 Å². The third-order valence-electron chi connectivity index (χ3n) is 6.70. The van der Waals surface area contributed by atoms with Crippen molar-refractivity contribution in [3.8, 4) is 5.75 Å². The lowest BCUT2D eigenvalue weighted by atomic mass is 10.1. The Morgan fingerprint density at radius 1 is 1.00 bits per heavy atom. The number of nitrogens with one attached hydrogen (secondary N) is 2. The van der Waals surface area contributed by atoms with Crippen molar-refractivity contribution in [2.75, 3.05) is 19.8 Å². The zero-order chi connectivity index (χ0) is 20.5. The lowest BCUT2D eigenvalue weighted by Gasteiger charge is -2.18. The van der Waals surface area contributed by atoms with Gasteiger partial charge in [-0.1, -0.05) is 18.9 Å². The normalized spacial score (nSPS) is 30.8. The molecule has 0 bridgehead atoms. The molecule has 7 nitrogen and oxygen atoms in total. The van der Waals surface area contributed by atoms with Crippen molar-refractivity contribution in [1.29, 1.82) is 0 Å². The summed E-state index contributed by atoms with van der Waals surface area (Å²) in [6.45, 7) is 1.52. The maximum absolute atomic E-state index is 12.8. The van der Waals surface area contributed by atoms with Gasteiger partial charge in [0.15, 0.2) is 0 Å². The van der Waals surface area contributed by atoms with Gasteiger partial charge in [0.1, 0.15) is 18.0 Å². The summed E-state index contributed by atoms with van der Waals surface area (Å²) in [5, 5.41) is 6.09. The molecule has 2 saturated heterocycles. The van der Waals surface area contributed by atoms with E-state index in [4.69, 9.17) is 14.2 Å². The highest BCUT2D eigenvalue weighted by molar-refractivity contribution is 5.94. The maximum atomic E-state index is 12.8. The first-order chi connectivity index (χ1) is 14.7. The van der Waals surface area contributed by atoms with Gasteiger partial charge in [-0.05, 0) is 49.8 Å². The second-order valence-electron chi connectivity index (χ2n) is 9.05. The minimum absolute atomic E-state index is 0. The highest BCUT2D eigenvalue weighted by Crippen LogP contribution is 2.32. The predicted octanol–water partition coefficient (Wildman–Crippen LogP) is 2.54. The minimum Gasteiger partial charge on any atom is -0.493 e. The minimum atomic E-state index is -0.236. The van der Waals surface area contributed by atoms with E-state index in [0.29, 0.717) is 31.3 Å². The van der Waals surface area contributed by atoms with E-state index < -0.39 is 0 Å². The van der Waals surface area contributed by atoms with Gasteiger partial charge in [-0.3, -0.25) is 9.59 Å². The van der Waals surface area contributed by atoms with Crippen LogP contribution in [0.5, 0.6) is 5.75 Å². The molecular formula is C23H34N2O5. The quantitative estimate of drug-likeness (QED) is 0.711. The number of amides is 2. The van der Waals surface area contributed by atoms with E-state index in [9.17, 15) is 9.59 Å². The van der Waals surface area contributed by atoms with Crippen LogP contribution in [0.1, 0.15) is 51.7 Å². The number of hydrogen-bond acceptors (Lipinski definition) is 5. The zero-order valence-electron chi connectivity index (χ0n) is 17.2. The predicted molar refractivity (Wildman–Crippen MR) is 114 cm³/mol. The van der Waals surface area contributed by atoms with Crippen LogP contribution in [-0.2, 0) is 14.3 Å². The zero-order valence-corrected chi connectivity index (χ0v) is 17.2. The Labute approximate surface area is 179 Å². The Balaban J connectivity index is 0.00000144. The SMILES string of the molecule is O=C(N[C@H]1CO[C@H]2[C@@H]1OC[C@@H]2NC(=O)C1CC1)c1cccc(OCC2CCCC2)c1.[HH].[HH]. The fourth-order valence-corrected chi connectivity index (χ4v) is 4.76. The Bertz CT molecular complexity index is 800. The average Bonchev–Trinajstić information content (AvgIpc) is 3.15. The van der Waals surface area contributed by atoms with E-state index in [0.717, 1.165) is 18.6 Å². The van der Waals surface area contributed by atoms with E-state index in [1.165, 1.54) is 25.7 Å². The molecule has 30 heavy (non-hydrogen) atoms. The summed E-state index contributed by atoms with van der Waals surface area (Å²) in [5.41, 5.74) is 0.568. The first kappa shape index (κ1) is 19.8. The highest BCUT2D eigenvalue weighted by Gasteiger charge is 2.49. The van der Waals surface area contributed by atoms with Gasteiger partial charge in [0.05, 0.1) is 31.9 Å². The number of carbonyl (C=O) groups excluding carboxylic acids is 2. The Hall–Kier alpha value is -2.12. The fourth-order valence-electron chi connectivity index (χ4n) is 4.76. The molecule has 5 rings (SSSR count). The molecule has 2 N–H and O–H groups in total. The van der Waals surface area contributed by atoms with Crippen molar-refractivity contribution in [3.05, 3.63) is 29.8 Å². The Morgan fingerprint density at radius 2 is 1.70 bits per heavy atom. The van der Waals surface area contributed by atoms with Crippen LogP contribution >= 0.6 is 0 Å². The second kappa shape index (κ2) is 8.55. The number of carbonyl (C=O) groups is 2. The molecule has 7 heteroatoms. The molecule has 0 aromatic heterocycles. The third-order valence-corrected chi connectivity index (χ3v) is 6.70. The van der Waals surface area contributed by atoms with Crippen molar-refractivity contribution in [2.24, 2.45) is 11.8 Å². The van der Waals surface area contributed by atoms with Gasteiger partial charge in [-0.15, -0.1) is 0 Å². The number of ether oxygens (including phenoxy) is 3. The van der Waals surface area contributed by atoms with Gasteiger partial charge in [0.25, 0.3) is 5.91 Å². The van der Waals surface area contributed by atoms with E-state index in [1.807, 2.05) is 12.1 Å². The summed E-state index contributed by atoms with van der Waals surface area (Å²) in [7, 11) is 0. The van der Waals surface area contributed by atoms with Crippen molar-refractivity contribution in [1.82, 2.24) is 10.6 Å². The molecule has 2 heterocycles. The van der Waals surface area contributed by atoms with Gasteiger partial charge in [-0.2, -0.15) is 0 Å². The molecule has 2 aliphatic carbocycles. The summed E-state index contributed by atoms with van der Waals surface area (Å²) < 4.78 is 17.7.